The number of nitrogens with zero attached hydrogens (tertiary/aromatic N) is 1. The highest BCUT2D eigenvalue weighted by Gasteiger charge is 2.18. The fourth-order valence-corrected chi connectivity index (χ4v) is 5.76. The zero-order valence-electron chi connectivity index (χ0n) is 29.5. The number of likely N-dealkylation sites (N-methyl/N-ethyl adjacent to an activating group) is 1. The van der Waals surface area contributed by atoms with Gasteiger partial charge in [-0.2, -0.15) is 0 Å². The van der Waals surface area contributed by atoms with Gasteiger partial charge in [-0.25, -0.2) is 4.79 Å². The van der Waals surface area contributed by atoms with Crippen molar-refractivity contribution >= 4 is 46.0 Å². The monoisotopic (exact) mass is 696 g/mol. The van der Waals surface area contributed by atoms with E-state index < -0.39 is 17.6 Å². The lowest BCUT2D eigenvalue weighted by Gasteiger charge is -2.16. The van der Waals surface area contributed by atoms with Gasteiger partial charge in [0, 0.05) is 53.8 Å². The number of carbonyl (C=O) groups excluding carboxylic acids is 3. The first kappa shape index (κ1) is 39.5. The number of nitrogens with one attached hydrogen (secondary N) is 3. The van der Waals surface area contributed by atoms with Gasteiger partial charge in [-0.1, -0.05) is 88.8 Å². The molecule has 0 fully saturated rings. The van der Waals surface area contributed by atoms with Crippen LogP contribution in [0.3, 0.4) is 0 Å². The Morgan fingerprint density at radius 2 is 1.51 bits per heavy atom. The third-order valence-corrected chi connectivity index (χ3v) is 8.57. The van der Waals surface area contributed by atoms with Crippen LogP contribution in [-0.2, 0) is 14.4 Å². The maximum absolute atomic E-state index is 12.6. The molecule has 268 valence electrons. The quantitative estimate of drug-likeness (QED) is 0.0742. The Balaban J connectivity index is 1.52. The second-order valence-electron chi connectivity index (χ2n) is 12.8. The molecule has 1 heterocycles. The summed E-state index contributed by atoms with van der Waals surface area (Å²) in [6.45, 7) is 4.80. The highest BCUT2D eigenvalue weighted by Crippen LogP contribution is 2.35. The number of amides is 3. The van der Waals surface area contributed by atoms with Gasteiger partial charge in [0.05, 0.1) is 11.6 Å². The van der Waals surface area contributed by atoms with E-state index in [9.17, 15) is 19.2 Å². The molecule has 0 radical (unpaired) electrons. The van der Waals surface area contributed by atoms with Gasteiger partial charge in [0.1, 0.15) is 11.3 Å². The molecule has 1 aromatic heterocycles. The molecule has 3 aromatic rings. The molecule has 0 unspecified atom stereocenters. The first-order chi connectivity index (χ1) is 23.6. The molecular weight excluding hydrogens is 644 g/mol. The van der Waals surface area contributed by atoms with Crippen LogP contribution in [0.1, 0.15) is 90.9 Å². The van der Waals surface area contributed by atoms with Gasteiger partial charge >= 0.3 is 5.63 Å². The topological polar surface area (TPSA) is 130 Å². The minimum Gasteiger partial charge on any atom is -0.481 e. The zero-order chi connectivity index (χ0) is 35.6. The molecular formula is C38H53ClN4O6. The molecule has 11 heteroatoms. The third-order valence-electron chi connectivity index (χ3n) is 8.25. The van der Waals surface area contributed by atoms with E-state index >= 15 is 0 Å². The van der Waals surface area contributed by atoms with Crippen molar-refractivity contribution in [2.75, 3.05) is 39.0 Å². The van der Waals surface area contributed by atoms with Crippen LogP contribution in [0.4, 0.5) is 5.69 Å². The van der Waals surface area contributed by atoms with Crippen LogP contribution >= 0.6 is 11.6 Å². The third kappa shape index (κ3) is 14.2. The van der Waals surface area contributed by atoms with E-state index in [1.54, 1.807) is 37.3 Å². The number of carbonyl (C=O) groups is 3. The molecule has 0 spiro atoms. The Hall–Kier alpha value is -3.89. The van der Waals surface area contributed by atoms with Gasteiger partial charge in [-0.05, 0) is 51.7 Å². The number of benzene rings is 2. The molecule has 49 heavy (non-hydrogen) atoms. The summed E-state index contributed by atoms with van der Waals surface area (Å²) in [4.78, 5) is 51.6. The van der Waals surface area contributed by atoms with Crippen molar-refractivity contribution in [1.29, 1.82) is 0 Å². The van der Waals surface area contributed by atoms with E-state index in [0.717, 1.165) is 19.3 Å². The van der Waals surface area contributed by atoms with Gasteiger partial charge < -0.3 is 30.0 Å². The minimum absolute atomic E-state index is 0.0516. The van der Waals surface area contributed by atoms with Crippen LogP contribution in [0, 0.1) is 0 Å². The number of unbranched alkanes of at least 4 members (excludes halogenated alkanes) is 10. The van der Waals surface area contributed by atoms with Crippen LogP contribution in [-0.4, -0.2) is 62.5 Å². The SMILES string of the molecule is CCCCCCCCCCCCCC(=O)Nc1ccc(-c2cc(=O)oc3cc(O[C@H](C)C(=O)NCC(=O)NCCN(C)C)ccc23)c(Cl)c1. The average Bonchev–Trinajstić information content (AvgIpc) is 3.05. The van der Waals surface area contributed by atoms with Crippen LogP contribution in [0.25, 0.3) is 22.1 Å². The Labute approximate surface area is 295 Å². The average molecular weight is 697 g/mol. The predicted octanol–water partition coefficient (Wildman–Crippen LogP) is 7.31. The fraction of sp³-hybridized carbons (Fsp3) is 0.526. The van der Waals surface area contributed by atoms with Crippen molar-refractivity contribution in [2.45, 2.75) is 97.0 Å². The van der Waals surface area contributed by atoms with Crippen molar-refractivity contribution in [3.63, 3.8) is 0 Å². The molecule has 3 rings (SSSR count). The Morgan fingerprint density at radius 1 is 0.837 bits per heavy atom. The summed E-state index contributed by atoms with van der Waals surface area (Å²) in [5, 5.41) is 9.22. The number of hydrogen-bond donors (Lipinski definition) is 3. The van der Waals surface area contributed by atoms with E-state index in [4.69, 9.17) is 20.8 Å². The summed E-state index contributed by atoms with van der Waals surface area (Å²) in [6, 6.07) is 11.5. The predicted molar refractivity (Wildman–Crippen MR) is 197 cm³/mol. The van der Waals surface area contributed by atoms with Crippen LogP contribution in [0.5, 0.6) is 5.75 Å². The minimum atomic E-state index is -0.908. The summed E-state index contributed by atoms with van der Waals surface area (Å²) in [6.07, 6.45) is 13.0. The molecule has 0 aliphatic carbocycles. The van der Waals surface area contributed by atoms with Crippen molar-refractivity contribution in [3.8, 4) is 16.9 Å². The fourth-order valence-electron chi connectivity index (χ4n) is 5.47. The van der Waals surface area contributed by atoms with Gasteiger partial charge in [-0.15, -0.1) is 0 Å². The van der Waals surface area contributed by atoms with E-state index in [2.05, 4.69) is 22.9 Å². The zero-order valence-corrected chi connectivity index (χ0v) is 30.3. The number of fused-ring (bicyclic) bond motifs is 1. The number of anilines is 1. The second-order valence-corrected chi connectivity index (χ2v) is 13.2. The van der Waals surface area contributed by atoms with Crippen LogP contribution in [0.2, 0.25) is 5.02 Å². The number of halogens is 1. The summed E-state index contributed by atoms with van der Waals surface area (Å²) >= 11 is 6.67. The number of ether oxygens (including phenoxy) is 1. The number of rotatable bonds is 22. The lowest BCUT2D eigenvalue weighted by Crippen LogP contribution is -2.43. The lowest BCUT2D eigenvalue weighted by atomic mass is 10.0. The molecule has 10 nitrogen and oxygen atoms in total. The summed E-state index contributed by atoms with van der Waals surface area (Å²) < 4.78 is 11.2. The second kappa shape index (κ2) is 21.3. The first-order valence-corrected chi connectivity index (χ1v) is 18.0. The Bertz CT molecular complexity index is 1570. The van der Waals surface area contributed by atoms with E-state index in [-0.39, 0.29) is 23.9 Å². The van der Waals surface area contributed by atoms with Crippen LogP contribution in [0.15, 0.2) is 51.7 Å². The van der Waals surface area contributed by atoms with Crippen molar-refractivity contribution in [3.05, 3.63) is 57.9 Å². The van der Waals surface area contributed by atoms with Crippen molar-refractivity contribution in [1.82, 2.24) is 15.5 Å². The molecule has 3 N–H and O–H groups in total. The highest BCUT2D eigenvalue weighted by molar-refractivity contribution is 6.34. The highest BCUT2D eigenvalue weighted by atomic mass is 35.5. The molecule has 0 saturated carbocycles. The molecule has 0 aliphatic heterocycles. The van der Waals surface area contributed by atoms with Crippen LogP contribution < -0.4 is 26.3 Å². The van der Waals surface area contributed by atoms with Gasteiger partial charge in [0.2, 0.25) is 11.8 Å². The maximum atomic E-state index is 12.6. The van der Waals surface area contributed by atoms with Crippen molar-refractivity contribution in [2.24, 2.45) is 0 Å². The van der Waals surface area contributed by atoms with Crippen molar-refractivity contribution < 1.29 is 23.5 Å². The van der Waals surface area contributed by atoms with Gasteiger partial charge in [-0.3, -0.25) is 14.4 Å². The Kier molecular flexibility index (Phi) is 17.2. The molecule has 2 aromatic carbocycles. The lowest BCUT2D eigenvalue weighted by molar-refractivity contribution is -0.130. The van der Waals surface area contributed by atoms with Gasteiger partial charge in [0.25, 0.3) is 5.91 Å². The van der Waals surface area contributed by atoms with E-state index in [1.807, 2.05) is 19.0 Å². The molecule has 0 aliphatic rings. The summed E-state index contributed by atoms with van der Waals surface area (Å²) in [5.74, 6) is -0.496. The van der Waals surface area contributed by atoms with E-state index in [0.29, 0.717) is 52.5 Å². The normalized spacial score (nSPS) is 11.8. The smallest absolute Gasteiger partial charge is 0.336 e. The standard InChI is InChI=1S/C38H53ClN4O6/c1-5-6-7-8-9-10-11-12-13-14-15-16-35(44)42-28-17-19-30(33(39)23-28)32-25-37(46)49-34-24-29(18-20-31(32)34)48-27(2)38(47)41-26-36(45)40-21-22-43(3)4/h17-20,23-25,27H,5-16,21-22,26H2,1-4H3,(H,40,45)(H,41,47)(H,42,44)/t27-/m1/s1. The molecule has 0 bridgehead atoms. The largest absolute Gasteiger partial charge is 0.481 e. The maximum Gasteiger partial charge on any atom is 0.336 e. The summed E-state index contributed by atoms with van der Waals surface area (Å²) in [5.41, 5.74) is 1.43. The molecule has 0 saturated heterocycles. The first-order valence-electron chi connectivity index (χ1n) is 17.6. The Morgan fingerprint density at radius 3 is 2.16 bits per heavy atom. The van der Waals surface area contributed by atoms with E-state index in [1.165, 1.54) is 63.5 Å². The molecule has 3 amide bonds. The van der Waals surface area contributed by atoms with Gasteiger partial charge in [0.15, 0.2) is 6.10 Å². The number of hydrogen-bond acceptors (Lipinski definition) is 7. The molecule has 1 atom stereocenters. The summed E-state index contributed by atoms with van der Waals surface area (Å²) in [7, 11) is 3.81.